The zero-order valence-corrected chi connectivity index (χ0v) is 22.8. The van der Waals surface area contributed by atoms with Gasteiger partial charge < -0.3 is 9.80 Å². The summed E-state index contributed by atoms with van der Waals surface area (Å²) in [4.78, 5) is 20.7. The van der Waals surface area contributed by atoms with Gasteiger partial charge in [0.25, 0.3) is 5.91 Å². The Hall–Kier alpha value is -2.83. The molecule has 1 fully saturated rings. The van der Waals surface area contributed by atoms with Crippen LogP contribution in [0, 0.1) is 0 Å². The third-order valence-electron chi connectivity index (χ3n) is 6.42. The lowest BCUT2D eigenvalue weighted by Gasteiger charge is -2.34. The maximum atomic E-state index is 13.7. The number of rotatable bonds is 10. The first-order chi connectivity index (χ1) is 17.8. The molecule has 1 aliphatic rings. The van der Waals surface area contributed by atoms with Crippen LogP contribution in [-0.2, 0) is 16.6 Å². The van der Waals surface area contributed by atoms with Gasteiger partial charge in [-0.3, -0.25) is 10.0 Å². The Morgan fingerprint density at radius 3 is 2.62 bits per heavy atom. The average molecular weight is 544 g/mol. The fraction of sp³-hybridized carbons (Fsp3) is 0.385. The fourth-order valence-corrected chi connectivity index (χ4v) is 6.91. The van der Waals surface area contributed by atoms with E-state index >= 15 is 0 Å². The van der Waals surface area contributed by atoms with Crippen molar-refractivity contribution in [2.45, 2.75) is 31.2 Å². The molecule has 4 rings (SSSR count). The van der Waals surface area contributed by atoms with Gasteiger partial charge >= 0.3 is 0 Å². The van der Waals surface area contributed by atoms with Crippen LogP contribution in [0.4, 0.5) is 5.13 Å². The highest BCUT2D eigenvalue weighted by Gasteiger charge is 2.31. The van der Waals surface area contributed by atoms with Crippen LogP contribution in [0.15, 0.2) is 59.6 Å². The molecule has 1 amide bonds. The number of hydrogen-bond acceptors (Lipinski definition) is 8. The smallest absolute Gasteiger partial charge is 0.286 e. The maximum absolute atomic E-state index is 13.7. The molecule has 198 valence electrons. The van der Waals surface area contributed by atoms with E-state index in [1.807, 2.05) is 29.2 Å². The van der Waals surface area contributed by atoms with Crippen LogP contribution in [0.1, 0.15) is 35.0 Å². The van der Waals surface area contributed by atoms with Crippen LogP contribution < -0.4 is 10.4 Å². The van der Waals surface area contributed by atoms with E-state index in [2.05, 4.69) is 36.0 Å². The summed E-state index contributed by atoms with van der Waals surface area (Å²) in [7, 11) is -1.62. The molecule has 1 aliphatic heterocycles. The summed E-state index contributed by atoms with van der Waals surface area (Å²) in [6, 6.07) is 15.3. The van der Waals surface area contributed by atoms with Crippen molar-refractivity contribution >= 4 is 32.4 Å². The highest BCUT2D eigenvalue weighted by atomic mass is 32.2. The lowest BCUT2D eigenvalue weighted by Crippen LogP contribution is -2.48. The quantitative estimate of drug-likeness (QED) is 0.297. The van der Waals surface area contributed by atoms with Crippen LogP contribution in [0.5, 0.6) is 0 Å². The van der Waals surface area contributed by atoms with Gasteiger partial charge in [-0.15, -0.1) is 0 Å². The van der Waals surface area contributed by atoms with Gasteiger partial charge in [0, 0.05) is 38.3 Å². The molecule has 0 saturated carbocycles. The van der Waals surface area contributed by atoms with Gasteiger partial charge in [-0.1, -0.05) is 61.1 Å². The first-order valence-electron chi connectivity index (χ1n) is 12.4. The van der Waals surface area contributed by atoms with Gasteiger partial charge in [0.2, 0.25) is 10.0 Å². The third-order valence-corrected chi connectivity index (χ3v) is 9.43. The topological polar surface area (TPSA) is 106 Å². The minimum Gasteiger partial charge on any atom is -0.345 e. The largest absolute Gasteiger partial charge is 0.345 e. The van der Waals surface area contributed by atoms with Gasteiger partial charge in [-0.2, -0.15) is 4.31 Å². The molecular formula is C26H33N5O4S2. The Labute approximate surface area is 222 Å². The molecule has 1 saturated heterocycles. The van der Waals surface area contributed by atoms with Gasteiger partial charge in [0.05, 0.1) is 11.1 Å². The molecule has 2 aromatic carbocycles. The molecule has 9 nitrogen and oxygen atoms in total. The molecule has 0 unspecified atom stereocenters. The molecule has 11 heteroatoms. The summed E-state index contributed by atoms with van der Waals surface area (Å²) in [5, 5.41) is 9.44. The number of sulfonamides is 1. The van der Waals surface area contributed by atoms with Crippen LogP contribution in [0.3, 0.4) is 0 Å². The lowest BCUT2D eigenvalue weighted by molar-refractivity contribution is 0.0710. The van der Waals surface area contributed by atoms with E-state index in [0.717, 1.165) is 48.4 Å². The molecule has 2 N–H and O–H groups in total. The minimum absolute atomic E-state index is 0.292. The molecule has 37 heavy (non-hydrogen) atoms. The second-order valence-electron chi connectivity index (χ2n) is 9.13. The summed E-state index contributed by atoms with van der Waals surface area (Å²) in [5.41, 5.74) is 4.34. The van der Waals surface area contributed by atoms with Crippen LogP contribution in [0.2, 0.25) is 0 Å². The van der Waals surface area contributed by atoms with Crippen molar-refractivity contribution in [1.29, 1.82) is 0 Å². The summed E-state index contributed by atoms with van der Waals surface area (Å²) < 4.78 is 29.0. The molecule has 1 aromatic heterocycles. The second kappa shape index (κ2) is 12.1. The van der Waals surface area contributed by atoms with Crippen molar-refractivity contribution in [2.24, 2.45) is 0 Å². The maximum Gasteiger partial charge on any atom is 0.286 e. The number of amides is 1. The van der Waals surface area contributed by atoms with E-state index in [9.17, 15) is 13.2 Å². The van der Waals surface area contributed by atoms with E-state index in [0.29, 0.717) is 46.6 Å². The standard InChI is InChI=1S/C26H33N5O4S2/c1-3-4-12-29(2)19-20-8-7-9-21(17-20)22-10-5-6-11-24(22)37(34,35)31-15-13-30(14-16-31)26-27-18-23(36-26)25(32)28-33/h5-11,17-18,33H,3-4,12-16,19H2,1-2H3,(H,28,32). The number of thiazole rings is 1. The predicted molar refractivity (Wildman–Crippen MR) is 145 cm³/mol. The Morgan fingerprint density at radius 1 is 1.14 bits per heavy atom. The van der Waals surface area contributed by atoms with Gasteiger partial charge in [-0.25, -0.2) is 18.9 Å². The number of carbonyl (C=O) groups is 1. The Balaban J connectivity index is 1.50. The fourth-order valence-electron chi connectivity index (χ4n) is 4.42. The SMILES string of the molecule is CCCCN(C)Cc1cccc(-c2ccccc2S(=O)(=O)N2CCN(c3ncc(C(=O)NO)s3)CC2)c1. The summed E-state index contributed by atoms with van der Waals surface area (Å²) >= 11 is 1.16. The van der Waals surface area contributed by atoms with Crippen molar-refractivity contribution in [2.75, 3.05) is 44.7 Å². The monoisotopic (exact) mass is 543 g/mol. The zero-order chi connectivity index (χ0) is 26.4. The van der Waals surface area contributed by atoms with Gasteiger partial charge in [0.1, 0.15) is 4.88 Å². The second-order valence-corrected chi connectivity index (χ2v) is 12.0. The number of nitrogens with zero attached hydrogens (tertiary/aromatic N) is 4. The Kier molecular flexibility index (Phi) is 8.93. The number of carbonyl (C=O) groups excluding carboxylic acids is 1. The van der Waals surface area contributed by atoms with Crippen molar-refractivity contribution < 1.29 is 18.4 Å². The summed E-state index contributed by atoms with van der Waals surface area (Å²) in [6.07, 6.45) is 3.70. The number of piperazine rings is 1. The molecule has 0 radical (unpaired) electrons. The first kappa shape index (κ1) is 27.2. The van der Waals surface area contributed by atoms with Gasteiger partial charge in [-0.05, 0) is 43.3 Å². The predicted octanol–water partition coefficient (Wildman–Crippen LogP) is 3.67. The summed E-state index contributed by atoms with van der Waals surface area (Å²) in [5.74, 6) is -0.613. The van der Waals surface area contributed by atoms with E-state index < -0.39 is 15.9 Å². The number of hydrogen-bond donors (Lipinski definition) is 2. The number of aromatic nitrogens is 1. The third kappa shape index (κ3) is 6.36. The highest BCUT2D eigenvalue weighted by molar-refractivity contribution is 7.89. The van der Waals surface area contributed by atoms with E-state index in [1.165, 1.54) is 10.5 Å². The molecule has 0 atom stereocenters. The molecule has 3 aromatic rings. The summed E-state index contributed by atoms with van der Waals surface area (Å²) in [6.45, 7) is 5.53. The van der Waals surface area contributed by atoms with Crippen molar-refractivity contribution in [3.63, 3.8) is 0 Å². The molecule has 0 bridgehead atoms. The molecular weight excluding hydrogens is 510 g/mol. The van der Waals surface area contributed by atoms with E-state index in [1.54, 1.807) is 17.6 Å². The number of nitrogens with one attached hydrogen (secondary N) is 1. The number of unbranched alkanes of at least 4 members (excludes halogenated alkanes) is 1. The highest BCUT2D eigenvalue weighted by Crippen LogP contribution is 2.31. The number of benzene rings is 2. The van der Waals surface area contributed by atoms with Crippen LogP contribution in [0.25, 0.3) is 11.1 Å². The van der Waals surface area contributed by atoms with E-state index in [-0.39, 0.29) is 0 Å². The molecule has 0 spiro atoms. The van der Waals surface area contributed by atoms with Crippen molar-refractivity contribution in [3.8, 4) is 11.1 Å². The van der Waals surface area contributed by atoms with Crippen LogP contribution >= 0.6 is 11.3 Å². The van der Waals surface area contributed by atoms with Crippen LogP contribution in [-0.4, -0.2) is 73.5 Å². The van der Waals surface area contributed by atoms with Gasteiger partial charge in [0.15, 0.2) is 5.13 Å². The number of hydroxylamine groups is 1. The molecule has 0 aliphatic carbocycles. The lowest BCUT2D eigenvalue weighted by atomic mass is 10.0. The van der Waals surface area contributed by atoms with E-state index in [4.69, 9.17) is 5.21 Å². The van der Waals surface area contributed by atoms with Crippen molar-refractivity contribution in [1.82, 2.24) is 19.7 Å². The normalized spacial score (nSPS) is 14.8. The minimum atomic E-state index is -3.72. The molecule has 2 heterocycles. The first-order valence-corrected chi connectivity index (χ1v) is 14.6. The number of anilines is 1. The Morgan fingerprint density at radius 2 is 1.89 bits per heavy atom. The zero-order valence-electron chi connectivity index (χ0n) is 21.1. The van der Waals surface area contributed by atoms with Crippen molar-refractivity contribution in [3.05, 3.63) is 65.2 Å². The Bertz CT molecular complexity index is 1320. The average Bonchev–Trinajstić information content (AvgIpc) is 3.42.